The third-order valence-electron chi connectivity index (χ3n) is 4.83. The first-order chi connectivity index (χ1) is 13.5. The Morgan fingerprint density at radius 1 is 1.07 bits per heavy atom. The van der Waals surface area contributed by atoms with E-state index in [0.717, 1.165) is 12.1 Å². The Morgan fingerprint density at radius 3 is 2.41 bits per heavy atom. The van der Waals surface area contributed by atoms with Gasteiger partial charge in [-0.3, -0.25) is 14.5 Å². The van der Waals surface area contributed by atoms with Gasteiger partial charge in [0, 0.05) is 31.6 Å². The number of nitrogens with two attached hydrogens (primary N) is 2. The predicted octanol–water partition coefficient (Wildman–Crippen LogP) is 1.02. The van der Waals surface area contributed by atoms with Gasteiger partial charge in [0.25, 0.3) is 5.91 Å². The molecule has 0 radical (unpaired) electrons. The predicted molar refractivity (Wildman–Crippen MR) is 114 cm³/mol. The Morgan fingerprint density at radius 2 is 1.76 bits per heavy atom. The molecule has 7 nitrogen and oxygen atoms in total. The summed E-state index contributed by atoms with van der Waals surface area (Å²) in [5, 5.41) is 2.93. The molecule has 8 heteroatoms. The number of nitrogens with one attached hydrogen (secondary N) is 1. The summed E-state index contributed by atoms with van der Waals surface area (Å²) in [7, 11) is 0. The standard InChI is InChI=1S/C21H26N4O3.ClH/c22-19-12-25(11-18(19)16-4-2-1-3-5-16)13-21(27)24-10-15-6-8-17(9-7-15)28-14-20(23)26;/h1-9,18-19H,10-14,22H2,(H2,23,26)(H,24,27);1H/t18-,19+;/m0./s1. The largest absolute Gasteiger partial charge is 0.484 e. The summed E-state index contributed by atoms with van der Waals surface area (Å²) in [5.74, 6) is 0.260. The van der Waals surface area contributed by atoms with E-state index in [1.807, 2.05) is 30.3 Å². The highest BCUT2D eigenvalue weighted by Gasteiger charge is 2.31. The molecule has 3 rings (SSSR count). The summed E-state index contributed by atoms with van der Waals surface area (Å²) in [6.07, 6.45) is 0. The number of rotatable bonds is 8. The summed E-state index contributed by atoms with van der Waals surface area (Å²) < 4.78 is 5.21. The maximum atomic E-state index is 12.3. The summed E-state index contributed by atoms with van der Waals surface area (Å²) in [6.45, 7) is 2.09. The van der Waals surface area contributed by atoms with Crippen LogP contribution in [0.3, 0.4) is 0 Å². The lowest BCUT2D eigenvalue weighted by atomic mass is 9.95. The molecule has 1 heterocycles. The molecule has 1 saturated heterocycles. The van der Waals surface area contributed by atoms with E-state index in [1.54, 1.807) is 12.1 Å². The van der Waals surface area contributed by atoms with Crippen LogP contribution >= 0.6 is 12.4 Å². The van der Waals surface area contributed by atoms with Gasteiger partial charge in [-0.05, 0) is 23.3 Å². The number of benzene rings is 2. The Kier molecular flexibility index (Phi) is 8.45. The Bertz CT molecular complexity index is 801. The van der Waals surface area contributed by atoms with E-state index in [4.69, 9.17) is 16.2 Å². The number of likely N-dealkylation sites (tertiary alicyclic amines) is 1. The van der Waals surface area contributed by atoms with E-state index in [1.165, 1.54) is 5.56 Å². The number of primary amides is 1. The number of hydrogen-bond donors (Lipinski definition) is 3. The molecule has 156 valence electrons. The lowest BCUT2D eigenvalue weighted by molar-refractivity contribution is -0.122. The maximum absolute atomic E-state index is 12.3. The molecular formula is C21H27ClN4O3. The zero-order valence-corrected chi connectivity index (χ0v) is 16.9. The van der Waals surface area contributed by atoms with Crippen LogP contribution in [0.4, 0.5) is 0 Å². The monoisotopic (exact) mass is 418 g/mol. The number of carbonyl (C=O) groups is 2. The number of halogens is 1. The molecule has 0 bridgehead atoms. The highest BCUT2D eigenvalue weighted by atomic mass is 35.5. The van der Waals surface area contributed by atoms with Gasteiger partial charge in [-0.25, -0.2) is 0 Å². The first-order valence-electron chi connectivity index (χ1n) is 9.31. The number of ether oxygens (including phenoxy) is 1. The number of hydrogen-bond acceptors (Lipinski definition) is 5. The second-order valence-corrected chi connectivity index (χ2v) is 7.05. The van der Waals surface area contributed by atoms with Gasteiger partial charge in [-0.15, -0.1) is 12.4 Å². The van der Waals surface area contributed by atoms with Gasteiger partial charge in [0.2, 0.25) is 5.91 Å². The molecule has 0 aromatic heterocycles. The summed E-state index contributed by atoms with van der Waals surface area (Å²) in [5.41, 5.74) is 13.5. The Labute approximate surface area is 176 Å². The molecule has 2 aromatic rings. The van der Waals surface area contributed by atoms with Crippen molar-refractivity contribution in [1.82, 2.24) is 10.2 Å². The lowest BCUT2D eigenvalue weighted by Crippen LogP contribution is -2.37. The van der Waals surface area contributed by atoms with Crippen LogP contribution in [0.2, 0.25) is 0 Å². The van der Waals surface area contributed by atoms with Crippen molar-refractivity contribution >= 4 is 24.2 Å². The minimum absolute atomic E-state index is 0. The van der Waals surface area contributed by atoms with Crippen LogP contribution in [-0.2, 0) is 16.1 Å². The molecule has 5 N–H and O–H groups in total. The molecular weight excluding hydrogens is 392 g/mol. The van der Waals surface area contributed by atoms with Crippen LogP contribution in [0, 0.1) is 0 Å². The van der Waals surface area contributed by atoms with E-state index in [-0.39, 0.29) is 36.9 Å². The van der Waals surface area contributed by atoms with Crippen molar-refractivity contribution in [2.24, 2.45) is 11.5 Å². The summed E-state index contributed by atoms with van der Waals surface area (Å²) in [6, 6.07) is 17.4. The lowest BCUT2D eigenvalue weighted by Gasteiger charge is -2.16. The van der Waals surface area contributed by atoms with Gasteiger partial charge in [-0.1, -0.05) is 42.5 Å². The van der Waals surface area contributed by atoms with Crippen molar-refractivity contribution in [2.75, 3.05) is 26.2 Å². The average Bonchev–Trinajstić information content (AvgIpc) is 3.06. The first kappa shape index (κ1) is 22.7. The van der Waals surface area contributed by atoms with Crippen LogP contribution in [0.15, 0.2) is 54.6 Å². The van der Waals surface area contributed by atoms with E-state index in [9.17, 15) is 9.59 Å². The topological polar surface area (TPSA) is 111 Å². The number of nitrogens with zero attached hydrogens (tertiary/aromatic N) is 1. The van der Waals surface area contributed by atoms with Crippen LogP contribution < -0.4 is 21.5 Å². The molecule has 0 aliphatic carbocycles. The highest BCUT2D eigenvalue weighted by Crippen LogP contribution is 2.25. The Balaban J connectivity index is 0.00000300. The van der Waals surface area contributed by atoms with Crippen LogP contribution in [0.25, 0.3) is 0 Å². The van der Waals surface area contributed by atoms with Crippen molar-refractivity contribution in [3.8, 4) is 5.75 Å². The van der Waals surface area contributed by atoms with Crippen LogP contribution in [-0.4, -0.2) is 49.0 Å². The van der Waals surface area contributed by atoms with E-state index >= 15 is 0 Å². The highest BCUT2D eigenvalue weighted by molar-refractivity contribution is 5.85. The molecule has 2 amide bonds. The molecule has 1 aliphatic heterocycles. The van der Waals surface area contributed by atoms with Gasteiger partial charge in [0.15, 0.2) is 6.61 Å². The van der Waals surface area contributed by atoms with Crippen molar-refractivity contribution in [2.45, 2.75) is 18.5 Å². The SMILES string of the molecule is Cl.NC(=O)COc1ccc(CNC(=O)CN2C[C@@H](N)[C@H](c3ccccc3)C2)cc1. The molecule has 29 heavy (non-hydrogen) atoms. The molecule has 1 aliphatic rings. The first-order valence-corrected chi connectivity index (χ1v) is 9.31. The van der Waals surface area contributed by atoms with Crippen molar-refractivity contribution in [1.29, 1.82) is 0 Å². The molecule has 2 aromatic carbocycles. The molecule has 0 spiro atoms. The van der Waals surface area contributed by atoms with Crippen molar-refractivity contribution in [3.63, 3.8) is 0 Å². The Hall–Kier alpha value is -2.61. The van der Waals surface area contributed by atoms with Crippen LogP contribution in [0.1, 0.15) is 17.0 Å². The van der Waals surface area contributed by atoms with Crippen molar-refractivity contribution < 1.29 is 14.3 Å². The molecule has 0 saturated carbocycles. The summed E-state index contributed by atoms with van der Waals surface area (Å²) >= 11 is 0. The molecule has 0 unspecified atom stereocenters. The smallest absolute Gasteiger partial charge is 0.255 e. The molecule has 2 atom stereocenters. The second-order valence-electron chi connectivity index (χ2n) is 7.05. The fraction of sp³-hybridized carbons (Fsp3) is 0.333. The minimum Gasteiger partial charge on any atom is -0.484 e. The third kappa shape index (κ3) is 6.74. The fourth-order valence-electron chi connectivity index (χ4n) is 3.41. The number of carbonyl (C=O) groups excluding carboxylic acids is 2. The third-order valence-corrected chi connectivity index (χ3v) is 4.83. The van der Waals surface area contributed by atoms with E-state index in [0.29, 0.717) is 25.4 Å². The quantitative estimate of drug-likeness (QED) is 0.592. The molecule has 1 fully saturated rings. The fourth-order valence-corrected chi connectivity index (χ4v) is 3.41. The normalized spacial score (nSPS) is 18.7. The maximum Gasteiger partial charge on any atom is 0.255 e. The van der Waals surface area contributed by atoms with E-state index in [2.05, 4.69) is 22.3 Å². The minimum atomic E-state index is -0.521. The van der Waals surface area contributed by atoms with Gasteiger partial charge in [0.1, 0.15) is 5.75 Å². The summed E-state index contributed by atoms with van der Waals surface area (Å²) in [4.78, 5) is 25.1. The van der Waals surface area contributed by atoms with Gasteiger partial charge in [0.05, 0.1) is 6.54 Å². The zero-order valence-electron chi connectivity index (χ0n) is 16.1. The second kappa shape index (κ2) is 10.8. The number of amides is 2. The van der Waals surface area contributed by atoms with Gasteiger partial charge in [-0.2, -0.15) is 0 Å². The van der Waals surface area contributed by atoms with Gasteiger partial charge < -0.3 is 21.5 Å². The van der Waals surface area contributed by atoms with Gasteiger partial charge >= 0.3 is 0 Å². The zero-order chi connectivity index (χ0) is 19.9. The average molecular weight is 419 g/mol. The van der Waals surface area contributed by atoms with Crippen molar-refractivity contribution in [3.05, 3.63) is 65.7 Å². The van der Waals surface area contributed by atoms with E-state index < -0.39 is 5.91 Å². The van der Waals surface area contributed by atoms with Crippen LogP contribution in [0.5, 0.6) is 5.75 Å².